The number of hydrogen-bond donors (Lipinski definition) is 0. The molecule has 1 aliphatic carbocycles. The molecule has 1 saturated carbocycles. The Morgan fingerprint density at radius 2 is 1.60 bits per heavy atom. The number of rotatable bonds is 1. The maximum Gasteiger partial charge on any atom is 0.123 e. The van der Waals surface area contributed by atoms with Crippen LogP contribution in [-0.2, 0) is 0 Å². The predicted octanol–water partition coefficient (Wildman–Crippen LogP) is 5.44. The van der Waals surface area contributed by atoms with Crippen LogP contribution in [-0.4, -0.2) is 4.57 Å². The molecule has 4 rings (SSSR count). The lowest BCUT2D eigenvalue weighted by atomic mass is 9.95. The van der Waals surface area contributed by atoms with Gasteiger partial charge in [-0.3, -0.25) is 0 Å². The standard InChI is InChI=1S/C18H18FN/c19-13-10-11-18-16(12-13)15-8-4-5-9-17(15)20(18)14-6-2-1-3-7-14/h4-5,8-12,14H,1-3,6-7H2. The van der Waals surface area contributed by atoms with E-state index in [1.807, 2.05) is 12.1 Å². The summed E-state index contributed by atoms with van der Waals surface area (Å²) in [6.07, 6.45) is 6.44. The molecule has 20 heavy (non-hydrogen) atoms. The molecule has 0 saturated heterocycles. The zero-order chi connectivity index (χ0) is 13.5. The first kappa shape index (κ1) is 12.0. The van der Waals surface area contributed by atoms with Crippen molar-refractivity contribution in [3.63, 3.8) is 0 Å². The van der Waals surface area contributed by atoms with E-state index in [4.69, 9.17) is 0 Å². The lowest BCUT2D eigenvalue weighted by Gasteiger charge is -2.25. The molecule has 1 heterocycles. The monoisotopic (exact) mass is 267 g/mol. The number of para-hydroxylation sites is 1. The van der Waals surface area contributed by atoms with Crippen molar-refractivity contribution in [3.8, 4) is 0 Å². The van der Waals surface area contributed by atoms with Gasteiger partial charge in [-0.25, -0.2) is 4.39 Å². The molecule has 2 heteroatoms. The molecule has 0 amide bonds. The van der Waals surface area contributed by atoms with Gasteiger partial charge in [-0.15, -0.1) is 0 Å². The van der Waals surface area contributed by atoms with Crippen LogP contribution in [0.3, 0.4) is 0 Å². The Hall–Kier alpha value is -1.83. The molecule has 1 nitrogen and oxygen atoms in total. The van der Waals surface area contributed by atoms with E-state index in [2.05, 4.69) is 22.8 Å². The maximum absolute atomic E-state index is 13.6. The summed E-state index contributed by atoms with van der Waals surface area (Å²) in [6, 6.07) is 14.2. The fraction of sp³-hybridized carbons (Fsp3) is 0.333. The van der Waals surface area contributed by atoms with Crippen molar-refractivity contribution >= 4 is 21.8 Å². The van der Waals surface area contributed by atoms with Gasteiger partial charge in [0, 0.05) is 27.8 Å². The van der Waals surface area contributed by atoms with Crippen LogP contribution in [0.25, 0.3) is 21.8 Å². The van der Waals surface area contributed by atoms with E-state index >= 15 is 0 Å². The number of fused-ring (bicyclic) bond motifs is 3. The smallest absolute Gasteiger partial charge is 0.123 e. The summed E-state index contributed by atoms with van der Waals surface area (Å²) in [5.74, 6) is -0.149. The molecule has 0 bridgehead atoms. The number of hydrogen-bond acceptors (Lipinski definition) is 0. The second-order valence-electron chi connectivity index (χ2n) is 5.84. The lowest BCUT2D eigenvalue weighted by Crippen LogP contribution is -2.12. The van der Waals surface area contributed by atoms with Crippen LogP contribution in [0.15, 0.2) is 42.5 Å². The molecule has 0 radical (unpaired) electrons. The van der Waals surface area contributed by atoms with Crippen molar-refractivity contribution in [1.29, 1.82) is 0 Å². The Balaban J connectivity index is 2.05. The molecule has 0 spiro atoms. The molecule has 3 aromatic rings. The summed E-state index contributed by atoms with van der Waals surface area (Å²) >= 11 is 0. The van der Waals surface area contributed by atoms with E-state index in [9.17, 15) is 4.39 Å². The molecule has 1 aliphatic rings. The fourth-order valence-corrected chi connectivity index (χ4v) is 3.71. The molecule has 0 atom stereocenters. The van der Waals surface area contributed by atoms with Gasteiger partial charge in [-0.05, 0) is 37.1 Å². The first-order valence-corrected chi connectivity index (χ1v) is 7.53. The minimum absolute atomic E-state index is 0.149. The lowest BCUT2D eigenvalue weighted by molar-refractivity contribution is 0.367. The van der Waals surface area contributed by atoms with Crippen LogP contribution in [0, 0.1) is 5.82 Å². The molecule has 0 aliphatic heterocycles. The Bertz CT molecular complexity index is 766. The third-order valence-corrected chi connectivity index (χ3v) is 4.61. The summed E-state index contributed by atoms with van der Waals surface area (Å²) in [5.41, 5.74) is 2.43. The molecule has 1 fully saturated rings. The third kappa shape index (κ3) is 1.75. The molecular weight excluding hydrogens is 249 g/mol. The first-order chi connectivity index (χ1) is 9.84. The normalized spacial score (nSPS) is 17.1. The van der Waals surface area contributed by atoms with Crippen molar-refractivity contribution in [2.24, 2.45) is 0 Å². The molecule has 102 valence electrons. The average molecular weight is 267 g/mol. The zero-order valence-electron chi connectivity index (χ0n) is 11.5. The van der Waals surface area contributed by atoms with Gasteiger partial charge in [-0.2, -0.15) is 0 Å². The highest BCUT2D eigenvalue weighted by Crippen LogP contribution is 2.37. The minimum Gasteiger partial charge on any atom is -0.337 e. The molecule has 0 unspecified atom stereocenters. The van der Waals surface area contributed by atoms with Gasteiger partial charge in [0.15, 0.2) is 0 Å². The second-order valence-corrected chi connectivity index (χ2v) is 5.84. The molecule has 1 aromatic heterocycles. The van der Waals surface area contributed by atoms with Gasteiger partial charge in [0.2, 0.25) is 0 Å². The van der Waals surface area contributed by atoms with Crippen LogP contribution in [0.1, 0.15) is 38.1 Å². The molecular formula is C18H18FN. The van der Waals surface area contributed by atoms with Gasteiger partial charge in [0.05, 0.1) is 0 Å². The van der Waals surface area contributed by atoms with Crippen molar-refractivity contribution in [1.82, 2.24) is 4.57 Å². The number of benzene rings is 2. The number of nitrogens with zero attached hydrogens (tertiary/aromatic N) is 1. The van der Waals surface area contributed by atoms with Crippen molar-refractivity contribution in [2.75, 3.05) is 0 Å². The van der Waals surface area contributed by atoms with E-state index < -0.39 is 0 Å². The number of halogens is 1. The topological polar surface area (TPSA) is 4.93 Å². The van der Waals surface area contributed by atoms with E-state index in [0.717, 1.165) is 5.39 Å². The van der Waals surface area contributed by atoms with Crippen LogP contribution in [0.4, 0.5) is 4.39 Å². The van der Waals surface area contributed by atoms with E-state index in [0.29, 0.717) is 6.04 Å². The first-order valence-electron chi connectivity index (χ1n) is 7.53. The third-order valence-electron chi connectivity index (χ3n) is 4.61. The Labute approximate surface area is 118 Å². The van der Waals surface area contributed by atoms with E-state index in [1.54, 1.807) is 12.1 Å². The SMILES string of the molecule is Fc1ccc2c(c1)c1ccccc1n2C1CCCCC1. The summed E-state index contributed by atoms with van der Waals surface area (Å²) < 4.78 is 16.1. The van der Waals surface area contributed by atoms with E-state index in [-0.39, 0.29) is 5.82 Å². The predicted molar refractivity (Wildman–Crippen MR) is 81.5 cm³/mol. The highest BCUT2D eigenvalue weighted by molar-refractivity contribution is 6.08. The highest BCUT2D eigenvalue weighted by Gasteiger charge is 2.20. The van der Waals surface area contributed by atoms with Gasteiger partial charge < -0.3 is 4.57 Å². The van der Waals surface area contributed by atoms with Crippen molar-refractivity contribution in [3.05, 3.63) is 48.3 Å². The quantitative estimate of drug-likeness (QED) is 0.553. The average Bonchev–Trinajstić information content (AvgIpc) is 2.82. The summed E-state index contributed by atoms with van der Waals surface area (Å²) in [7, 11) is 0. The van der Waals surface area contributed by atoms with Crippen molar-refractivity contribution < 1.29 is 4.39 Å². The van der Waals surface area contributed by atoms with Gasteiger partial charge in [0.1, 0.15) is 5.82 Å². The highest BCUT2D eigenvalue weighted by atomic mass is 19.1. The maximum atomic E-state index is 13.6. The van der Waals surface area contributed by atoms with Gasteiger partial charge >= 0.3 is 0 Å². The number of aromatic nitrogens is 1. The second kappa shape index (κ2) is 4.62. The van der Waals surface area contributed by atoms with Gasteiger partial charge in [0.25, 0.3) is 0 Å². The van der Waals surface area contributed by atoms with Crippen molar-refractivity contribution in [2.45, 2.75) is 38.1 Å². The largest absolute Gasteiger partial charge is 0.337 e. The Morgan fingerprint density at radius 3 is 2.45 bits per heavy atom. The zero-order valence-corrected chi connectivity index (χ0v) is 11.5. The van der Waals surface area contributed by atoms with Crippen LogP contribution < -0.4 is 0 Å². The minimum atomic E-state index is -0.149. The van der Waals surface area contributed by atoms with Crippen LogP contribution >= 0.6 is 0 Å². The summed E-state index contributed by atoms with van der Waals surface area (Å²) in [5, 5.41) is 2.22. The summed E-state index contributed by atoms with van der Waals surface area (Å²) in [4.78, 5) is 0. The molecule has 0 N–H and O–H groups in total. The Kier molecular flexibility index (Phi) is 2.76. The van der Waals surface area contributed by atoms with Crippen LogP contribution in [0.5, 0.6) is 0 Å². The summed E-state index contributed by atoms with van der Waals surface area (Å²) in [6.45, 7) is 0. The van der Waals surface area contributed by atoms with Gasteiger partial charge in [-0.1, -0.05) is 37.5 Å². The Morgan fingerprint density at radius 1 is 0.850 bits per heavy atom. The van der Waals surface area contributed by atoms with Crippen LogP contribution in [0.2, 0.25) is 0 Å². The molecule has 2 aromatic carbocycles. The van der Waals surface area contributed by atoms with E-state index in [1.165, 1.54) is 48.5 Å². The fourth-order valence-electron chi connectivity index (χ4n) is 3.71.